The summed E-state index contributed by atoms with van der Waals surface area (Å²) < 4.78 is 5.29. The summed E-state index contributed by atoms with van der Waals surface area (Å²) in [6, 6.07) is 15.3. The first-order valence-corrected chi connectivity index (χ1v) is 10.3. The molecule has 1 unspecified atom stereocenters. The lowest BCUT2D eigenvalue weighted by Gasteiger charge is -2.25. The zero-order valence-corrected chi connectivity index (χ0v) is 17.5. The molecular formula is C22H26N2O3S. The lowest BCUT2D eigenvalue weighted by atomic mass is 9.92. The van der Waals surface area contributed by atoms with E-state index in [9.17, 15) is 9.59 Å². The van der Waals surface area contributed by atoms with E-state index in [1.54, 1.807) is 23.8 Å². The number of anilines is 2. The molecule has 2 aromatic carbocycles. The smallest absolute Gasteiger partial charge is 0.238 e. The second-order valence-corrected chi connectivity index (χ2v) is 9.10. The summed E-state index contributed by atoms with van der Waals surface area (Å²) in [5.41, 5.74) is 2.55. The Bertz CT molecular complexity index is 859. The van der Waals surface area contributed by atoms with Crippen LogP contribution in [0, 0.1) is 5.41 Å². The van der Waals surface area contributed by atoms with Crippen molar-refractivity contribution in [3.05, 3.63) is 54.1 Å². The maximum absolute atomic E-state index is 12.5. The molecule has 1 atom stereocenters. The molecule has 0 saturated carbocycles. The van der Waals surface area contributed by atoms with Crippen molar-refractivity contribution < 1.29 is 14.3 Å². The van der Waals surface area contributed by atoms with E-state index in [2.05, 4.69) is 5.32 Å². The number of hydrogen-bond donors (Lipinski definition) is 1. The molecule has 1 saturated heterocycles. The van der Waals surface area contributed by atoms with Gasteiger partial charge in [-0.2, -0.15) is 0 Å². The van der Waals surface area contributed by atoms with Crippen LogP contribution in [-0.4, -0.2) is 24.7 Å². The van der Waals surface area contributed by atoms with Crippen LogP contribution in [0.5, 0.6) is 5.75 Å². The predicted molar refractivity (Wildman–Crippen MR) is 115 cm³/mol. The fourth-order valence-corrected chi connectivity index (χ4v) is 4.31. The molecule has 0 spiro atoms. The minimum Gasteiger partial charge on any atom is -0.497 e. The molecule has 0 radical (unpaired) electrons. The zero-order valence-electron chi connectivity index (χ0n) is 16.7. The number of nitrogens with one attached hydrogen (secondary N) is 1. The second-order valence-electron chi connectivity index (χ2n) is 8.04. The third kappa shape index (κ3) is 4.87. The van der Waals surface area contributed by atoms with E-state index in [1.165, 1.54) is 0 Å². The van der Waals surface area contributed by atoms with Gasteiger partial charge in [0.25, 0.3) is 0 Å². The number of hydrogen-bond acceptors (Lipinski definition) is 4. The first-order valence-electron chi connectivity index (χ1n) is 9.24. The molecule has 1 aliphatic heterocycles. The summed E-state index contributed by atoms with van der Waals surface area (Å²) in [6.45, 7) is 6.12. The molecule has 0 aliphatic carbocycles. The molecule has 28 heavy (non-hydrogen) atoms. The van der Waals surface area contributed by atoms with E-state index in [0.717, 1.165) is 22.7 Å². The number of nitrogens with zero attached hydrogens (tertiary/aromatic N) is 1. The number of carbonyl (C=O) groups is 2. The highest BCUT2D eigenvalue weighted by Crippen LogP contribution is 2.42. The van der Waals surface area contributed by atoms with Crippen LogP contribution < -0.4 is 15.0 Å². The Balaban J connectivity index is 1.76. The van der Waals surface area contributed by atoms with Crippen LogP contribution in [0.2, 0.25) is 0 Å². The Morgan fingerprint density at radius 2 is 1.93 bits per heavy atom. The van der Waals surface area contributed by atoms with Crippen molar-refractivity contribution in [1.82, 2.24) is 0 Å². The van der Waals surface area contributed by atoms with Gasteiger partial charge in [-0.25, -0.2) is 0 Å². The van der Waals surface area contributed by atoms with Gasteiger partial charge in [-0.05, 0) is 35.2 Å². The molecule has 148 valence electrons. The molecule has 1 N–H and O–H groups in total. The van der Waals surface area contributed by atoms with E-state index in [0.29, 0.717) is 12.2 Å². The number of rotatable bonds is 5. The minimum absolute atomic E-state index is 0.00340. The van der Waals surface area contributed by atoms with Gasteiger partial charge in [-0.1, -0.05) is 39.0 Å². The van der Waals surface area contributed by atoms with Crippen LogP contribution in [0.1, 0.15) is 38.1 Å². The van der Waals surface area contributed by atoms with Gasteiger partial charge in [0.2, 0.25) is 11.8 Å². The maximum atomic E-state index is 12.5. The molecule has 5 nitrogen and oxygen atoms in total. The minimum atomic E-state index is -0.0982. The Hall–Kier alpha value is -2.47. The summed E-state index contributed by atoms with van der Waals surface area (Å²) in [6.07, 6.45) is 0.464. The van der Waals surface area contributed by atoms with Gasteiger partial charge < -0.3 is 10.1 Å². The van der Waals surface area contributed by atoms with Gasteiger partial charge in [0.1, 0.15) is 11.1 Å². The molecule has 1 aliphatic rings. The quantitative estimate of drug-likeness (QED) is 0.782. The van der Waals surface area contributed by atoms with Crippen molar-refractivity contribution in [1.29, 1.82) is 0 Å². The highest BCUT2D eigenvalue weighted by atomic mass is 32.2. The molecule has 6 heteroatoms. The van der Waals surface area contributed by atoms with Crippen molar-refractivity contribution in [3.63, 3.8) is 0 Å². The lowest BCUT2D eigenvalue weighted by molar-refractivity contribution is -0.118. The average molecular weight is 399 g/mol. The summed E-state index contributed by atoms with van der Waals surface area (Å²) in [4.78, 5) is 26.4. The highest BCUT2D eigenvalue weighted by Gasteiger charge is 2.34. The van der Waals surface area contributed by atoms with Gasteiger partial charge in [-0.15, -0.1) is 11.8 Å². The zero-order chi connectivity index (χ0) is 20.3. The number of thioether (sulfide) groups is 1. The van der Waals surface area contributed by atoms with Crippen molar-refractivity contribution in [2.75, 3.05) is 23.1 Å². The topological polar surface area (TPSA) is 58.6 Å². The van der Waals surface area contributed by atoms with Crippen LogP contribution in [0.25, 0.3) is 0 Å². The fourth-order valence-electron chi connectivity index (χ4n) is 3.13. The number of carbonyl (C=O) groups excluding carboxylic acids is 2. The third-order valence-electron chi connectivity index (χ3n) is 4.37. The Labute approximate surface area is 170 Å². The Kier molecular flexibility index (Phi) is 5.98. The van der Waals surface area contributed by atoms with Gasteiger partial charge in [0.15, 0.2) is 0 Å². The SMILES string of the molecule is COc1cccc(N2C(=O)CSC2c2ccc(NC(=O)CC(C)(C)C)cc2)c1. The number of benzene rings is 2. The molecular weight excluding hydrogens is 372 g/mol. The monoisotopic (exact) mass is 398 g/mol. The Morgan fingerprint density at radius 1 is 1.21 bits per heavy atom. The van der Waals surface area contributed by atoms with Gasteiger partial charge in [0.05, 0.1) is 12.9 Å². The van der Waals surface area contributed by atoms with Crippen molar-refractivity contribution in [3.8, 4) is 5.75 Å². The van der Waals surface area contributed by atoms with E-state index < -0.39 is 0 Å². The van der Waals surface area contributed by atoms with Crippen molar-refractivity contribution >= 4 is 35.0 Å². The van der Waals surface area contributed by atoms with Crippen molar-refractivity contribution in [2.45, 2.75) is 32.6 Å². The molecule has 1 heterocycles. The lowest BCUT2D eigenvalue weighted by Crippen LogP contribution is -2.27. The first-order chi connectivity index (χ1) is 13.3. The third-order valence-corrected chi connectivity index (χ3v) is 5.58. The van der Waals surface area contributed by atoms with E-state index in [-0.39, 0.29) is 22.6 Å². The van der Waals surface area contributed by atoms with E-state index in [4.69, 9.17) is 4.74 Å². The number of ether oxygens (including phenoxy) is 1. The van der Waals surface area contributed by atoms with Crippen LogP contribution >= 0.6 is 11.8 Å². The van der Waals surface area contributed by atoms with Crippen LogP contribution in [-0.2, 0) is 9.59 Å². The maximum Gasteiger partial charge on any atom is 0.238 e. The van der Waals surface area contributed by atoms with Crippen LogP contribution in [0.15, 0.2) is 48.5 Å². The van der Waals surface area contributed by atoms with Crippen molar-refractivity contribution in [2.24, 2.45) is 5.41 Å². The van der Waals surface area contributed by atoms with Gasteiger partial charge >= 0.3 is 0 Å². The summed E-state index contributed by atoms with van der Waals surface area (Å²) in [5.74, 6) is 1.23. The largest absolute Gasteiger partial charge is 0.497 e. The van der Waals surface area contributed by atoms with Crippen LogP contribution in [0.4, 0.5) is 11.4 Å². The van der Waals surface area contributed by atoms with Crippen LogP contribution in [0.3, 0.4) is 0 Å². The second kappa shape index (κ2) is 8.27. The first kappa shape index (κ1) is 20.3. The normalized spacial score (nSPS) is 16.9. The molecule has 2 aromatic rings. The van der Waals surface area contributed by atoms with Gasteiger partial charge in [-0.3, -0.25) is 14.5 Å². The number of methoxy groups -OCH3 is 1. The number of amides is 2. The average Bonchev–Trinajstić information content (AvgIpc) is 3.02. The standard InChI is InChI=1S/C22H26N2O3S/c1-22(2,3)13-19(25)23-16-10-8-15(9-11-16)21-24(20(26)14-28-21)17-6-5-7-18(12-17)27-4/h5-12,21H,13-14H2,1-4H3,(H,23,25). The summed E-state index contributed by atoms with van der Waals surface area (Å²) in [5, 5.41) is 2.84. The van der Waals surface area contributed by atoms with Gasteiger partial charge in [0, 0.05) is 23.9 Å². The van der Waals surface area contributed by atoms with E-state index in [1.807, 2.05) is 69.3 Å². The molecule has 2 amide bonds. The van der Waals surface area contributed by atoms with E-state index >= 15 is 0 Å². The molecule has 0 bridgehead atoms. The summed E-state index contributed by atoms with van der Waals surface area (Å²) >= 11 is 1.60. The Morgan fingerprint density at radius 3 is 2.57 bits per heavy atom. The highest BCUT2D eigenvalue weighted by molar-refractivity contribution is 8.00. The fraction of sp³-hybridized carbons (Fsp3) is 0.364. The predicted octanol–water partition coefficient (Wildman–Crippen LogP) is 4.85. The molecule has 0 aromatic heterocycles. The molecule has 3 rings (SSSR count). The summed E-state index contributed by atoms with van der Waals surface area (Å²) in [7, 11) is 1.61. The molecule has 1 fully saturated rings.